The van der Waals surface area contributed by atoms with Crippen LogP contribution in [0, 0.1) is 11.8 Å². The Kier molecular flexibility index (Phi) is 24.6. The normalized spacial score (nSPS) is 21.7. The minimum absolute atomic E-state index is 0.0147. The zero-order valence-electron chi connectivity index (χ0n) is 54.8. The first-order chi connectivity index (χ1) is 46.3. The second kappa shape index (κ2) is 32.2. The number of amides is 7. The summed E-state index contributed by atoms with van der Waals surface area (Å²) in [5.41, 5.74) is -3.69. The Hall–Kier alpha value is -8.95. The molecular weight excluding hydrogens is 1300 g/mol. The molecule has 2 heterocycles. The van der Waals surface area contributed by atoms with Crippen molar-refractivity contribution in [2.24, 2.45) is 11.8 Å². The summed E-state index contributed by atoms with van der Waals surface area (Å²) in [7, 11) is -3.46. The van der Waals surface area contributed by atoms with Gasteiger partial charge in [-0.05, 0) is 73.8 Å². The van der Waals surface area contributed by atoms with E-state index in [1.165, 1.54) is 56.5 Å². The molecule has 13 N–H and O–H groups in total. The van der Waals surface area contributed by atoms with Crippen molar-refractivity contribution in [1.82, 2.24) is 36.8 Å². The Labute approximate surface area is 564 Å². The maximum absolute atomic E-state index is 14.8. The topological polar surface area (TPSA) is 459 Å². The van der Waals surface area contributed by atoms with Gasteiger partial charge in [-0.15, -0.1) is 0 Å². The number of aliphatic hydroxyl groups excluding tert-OH is 2. The number of rotatable bonds is 29. The first-order valence-electron chi connectivity index (χ1n) is 32.0. The molecule has 0 saturated carbocycles. The third-order valence-electron chi connectivity index (χ3n) is 17.4. The molecular formula is C67H83N7O23S. The molecule has 4 aromatic carbocycles. The lowest BCUT2D eigenvalue weighted by molar-refractivity contribution is -0.249. The number of ether oxygens (including phenoxy) is 4. The van der Waals surface area contributed by atoms with Gasteiger partial charge < -0.3 is 86.4 Å². The van der Waals surface area contributed by atoms with Gasteiger partial charge in [0, 0.05) is 48.9 Å². The predicted octanol–water partition coefficient (Wildman–Crippen LogP) is 0.350. The molecule has 31 heteroatoms. The number of phenols is 3. The van der Waals surface area contributed by atoms with Crippen LogP contribution in [-0.2, 0) is 82.1 Å². The molecule has 0 radical (unpaired) electrons. The first kappa shape index (κ1) is 74.8. The summed E-state index contributed by atoms with van der Waals surface area (Å²) in [5, 5.41) is 83.3. The molecule has 2 aliphatic carbocycles. The lowest BCUT2D eigenvalue weighted by atomic mass is 9.72. The predicted molar refractivity (Wildman–Crippen MR) is 344 cm³/mol. The third-order valence-corrected chi connectivity index (χ3v) is 18.0. The summed E-state index contributed by atoms with van der Waals surface area (Å²) in [4.78, 5) is 141. The number of hydrogen-bond donors (Lipinski definition) is 13. The number of benzene rings is 4. The van der Waals surface area contributed by atoms with Gasteiger partial charge in [0.2, 0.25) is 47.1 Å². The molecule has 2 fully saturated rings. The van der Waals surface area contributed by atoms with Crippen molar-refractivity contribution in [2.45, 2.75) is 159 Å². The van der Waals surface area contributed by atoms with Gasteiger partial charge in [-0.25, -0.2) is 0 Å². The van der Waals surface area contributed by atoms with Crippen LogP contribution in [0.2, 0.25) is 0 Å². The Bertz CT molecular complexity index is 3800. The SMILES string of the molecule is COc1cccc2c1C(=O)c1c(O)c3c(c(O)c1C2=O)C[C@@](O)(C(=O)CO)C[C@@H]3O[C@H]1C[C@H](NC(=O)[C@H](CC(C)C)NC(=O)[C@H](Cc2ccc(O)cc2)NC(=O)[C@H](COCc2ccccc2)NC(=O)CNC(=O)[C@H](CC(C)C)NC(=O)[C@@H]2CCCN2C(=O)CS(=O)(=O)O)[C@H](O)[C@H](C)O1. The van der Waals surface area contributed by atoms with Crippen LogP contribution in [0.25, 0.3) is 0 Å². The van der Waals surface area contributed by atoms with Crippen molar-refractivity contribution in [2.75, 3.05) is 39.2 Å². The number of likely N-dealkylation sites (tertiary alicyclic amines) is 1. The van der Waals surface area contributed by atoms with E-state index in [1.54, 1.807) is 58.0 Å². The second-order valence-corrected chi connectivity index (χ2v) is 27.2. The number of aromatic hydroxyl groups is 3. The number of carbonyl (C=O) groups is 10. The fourth-order valence-corrected chi connectivity index (χ4v) is 13.1. The number of Topliss-reactive ketones (excluding diaryl/α,β-unsaturated/α-hetero) is 1. The van der Waals surface area contributed by atoms with Crippen LogP contribution < -0.4 is 36.6 Å². The highest BCUT2D eigenvalue weighted by molar-refractivity contribution is 7.86. The van der Waals surface area contributed by atoms with Gasteiger partial charge in [0.15, 0.2) is 23.6 Å². The summed E-state index contributed by atoms with van der Waals surface area (Å²) in [5.74, 6) is -12.8. The van der Waals surface area contributed by atoms with Crippen LogP contribution in [0.1, 0.15) is 133 Å². The number of ketones is 3. The lowest BCUT2D eigenvalue weighted by Gasteiger charge is -2.43. The number of methoxy groups -OCH3 is 1. The molecule has 0 spiro atoms. The minimum atomic E-state index is -4.72. The number of aliphatic hydroxyl groups is 3. The minimum Gasteiger partial charge on any atom is -0.508 e. The number of nitrogens with zero attached hydrogens (tertiary/aromatic N) is 1. The van der Waals surface area contributed by atoms with Crippen molar-refractivity contribution in [3.63, 3.8) is 0 Å². The van der Waals surface area contributed by atoms with E-state index in [9.17, 15) is 91.6 Å². The monoisotopic (exact) mass is 1390 g/mol. The fourth-order valence-electron chi connectivity index (χ4n) is 12.6. The van der Waals surface area contributed by atoms with Crippen LogP contribution in [-0.4, -0.2) is 207 Å². The Morgan fingerprint density at radius 2 is 1.40 bits per heavy atom. The van der Waals surface area contributed by atoms with Crippen LogP contribution in [0.4, 0.5) is 0 Å². The van der Waals surface area contributed by atoms with E-state index in [4.69, 9.17) is 18.9 Å². The number of carbonyl (C=O) groups excluding carboxylic acids is 10. The zero-order chi connectivity index (χ0) is 71.7. The maximum Gasteiger partial charge on any atom is 0.274 e. The lowest BCUT2D eigenvalue weighted by Crippen LogP contribution is -2.61. The summed E-state index contributed by atoms with van der Waals surface area (Å²) in [6.07, 6.45) is -7.45. The van der Waals surface area contributed by atoms with E-state index < -0.39 is 203 Å². The fraction of sp³-hybridized carbons (Fsp3) is 0.493. The number of nitrogens with one attached hydrogen (secondary N) is 6. The molecule has 2 aliphatic heterocycles. The van der Waals surface area contributed by atoms with Crippen molar-refractivity contribution in [3.05, 3.63) is 117 Å². The molecule has 7 amide bonds. The third kappa shape index (κ3) is 18.0. The molecule has 98 heavy (non-hydrogen) atoms. The van der Waals surface area contributed by atoms with Gasteiger partial charge in [0.25, 0.3) is 10.1 Å². The van der Waals surface area contributed by atoms with Crippen molar-refractivity contribution in [1.29, 1.82) is 0 Å². The Balaban J connectivity index is 0.999. The second-order valence-electron chi connectivity index (χ2n) is 25.7. The maximum atomic E-state index is 14.8. The molecule has 4 aliphatic rings. The Morgan fingerprint density at radius 1 is 0.755 bits per heavy atom. The van der Waals surface area contributed by atoms with Crippen LogP contribution in [0.5, 0.6) is 23.0 Å². The van der Waals surface area contributed by atoms with Crippen molar-refractivity contribution < 1.29 is 111 Å². The van der Waals surface area contributed by atoms with E-state index in [-0.39, 0.29) is 84.4 Å². The quantitative estimate of drug-likeness (QED) is 0.0227. The molecule has 11 atom stereocenters. The van der Waals surface area contributed by atoms with Crippen LogP contribution in [0.3, 0.4) is 0 Å². The van der Waals surface area contributed by atoms with Crippen LogP contribution in [0.15, 0.2) is 72.8 Å². The molecule has 0 unspecified atom stereocenters. The number of fused-ring (bicyclic) bond motifs is 3. The van der Waals surface area contributed by atoms with Gasteiger partial charge in [-0.3, -0.25) is 52.5 Å². The van der Waals surface area contributed by atoms with Gasteiger partial charge in [0.1, 0.15) is 71.5 Å². The molecule has 30 nitrogen and oxygen atoms in total. The van der Waals surface area contributed by atoms with Gasteiger partial charge in [-0.1, -0.05) is 82.3 Å². The van der Waals surface area contributed by atoms with Gasteiger partial charge in [0.05, 0.1) is 61.8 Å². The summed E-state index contributed by atoms with van der Waals surface area (Å²) in [6.45, 7) is 5.97. The summed E-state index contributed by atoms with van der Waals surface area (Å²) < 4.78 is 56.0. The van der Waals surface area contributed by atoms with Gasteiger partial charge in [-0.2, -0.15) is 8.42 Å². The van der Waals surface area contributed by atoms with Crippen LogP contribution >= 0.6 is 0 Å². The van der Waals surface area contributed by atoms with E-state index in [1.807, 2.05) is 0 Å². The molecule has 8 rings (SSSR count). The Morgan fingerprint density at radius 3 is 2.04 bits per heavy atom. The van der Waals surface area contributed by atoms with Gasteiger partial charge >= 0.3 is 0 Å². The standard InChI is InChI=1S/C67H83N7O23S/c1-33(2)22-42(73-66(89)46-15-11-21-74(46)51(79)32-98(91,92)93)62(85)68-28-50(78)69-45(31-95-30-37-12-8-7-9-13-37)65(88)72-44(24-36-17-19-38(76)20-18-36)64(87)71-43(23-34(3)4)63(86)70-41-25-52(96-35(5)57(41)80)97-48-27-67(90,49(77)29-75)26-40-54(48)61(84)56-55(59(40)82)58(81)39-14-10-16-47(94-6)53(39)60(56)83/h7-10,12-14,16-20,33-35,41-46,48,52,57,75-76,80,82,84,90H,11,15,21-32H2,1-6H3,(H,68,85)(H,69,78)(H,70,86)(H,71,87)(H,72,88)(H,73,89)(H,91,92,93)/t35-,41-,42-,43-,44-,45-,46-,48-,52-,57+,67-/m0/s1. The highest BCUT2D eigenvalue weighted by Crippen LogP contribution is 2.53. The van der Waals surface area contributed by atoms with E-state index in [0.29, 0.717) is 17.5 Å². The zero-order valence-corrected chi connectivity index (χ0v) is 55.6. The molecule has 4 aromatic rings. The van der Waals surface area contributed by atoms with Crippen molar-refractivity contribution in [3.8, 4) is 23.0 Å². The highest BCUT2D eigenvalue weighted by atomic mass is 32.2. The summed E-state index contributed by atoms with van der Waals surface area (Å²) in [6, 6.07) is 10.3. The number of phenolic OH excluding ortho intramolecular Hbond substituents is 3. The average Bonchev–Trinajstić information content (AvgIpc) is 0.753. The first-order valence-corrected chi connectivity index (χ1v) is 33.6. The average molecular weight is 1390 g/mol. The number of hydrogen-bond acceptors (Lipinski definition) is 22. The molecule has 530 valence electrons. The molecule has 0 bridgehead atoms. The smallest absolute Gasteiger partial charge is 0.274 e. The highest BCUT2D eigenvalue weighted by Gasteiger charge is 2.51. The summed E-state index contributed by atoms with van der Waals surface area (Å²) >= 11 is 0. The largest absolute Gasteiger partial charge is 0.508 e. The van der Waals surface area contributed by atoms with Crippen molar-refractivity contribution >= 4 is 68.8 Å². The van der Waals surface area contributed by atoms with E-state index in [2.05, 4.69) is 31.9 Å². The molecule has 0 aromatic heterocycles. The van der Waals surface area contributed by atoms with E-state index in [0.717, 1.165) is 4.90 Å². The van der Waals surface area contributed by atoms with E-state index >= 15 is 0 Å². The molecule has 2 saturated heterocycles.